The molecule has 0 aromatic heterocycles. The van der Waals surface area contributed by atoms with Crippen LogP contribution in [0.1, 0.15) is 23.6 Å². The Morgan fingerprint density at radius 3 is 2.79 bits per heavy atom. The van der Waals surface area contributed by atoms with E-state index in [9.17, 15) is 8.78 Å². The average Bonchev–Trinajstić information content (AvgIpc) is 2.79. The number of rotatable bonds is 2. The van der Waals surface area contributed by atoms with Gasteiger partial charge in [-0.05, 0) is 48.2 Å². The lowest BCUT2D eigenvalue weighted by Gasteiger charge is -2.16. The molecule has 1 nitrogen and oxygen atoms in total. The van der Waals surface area contributed by atoms with E-state index < -0.39 is 0 Å². The summed E-state index contributed by atoms with van der Waals surface area (Å²) in [6, 6.07) is 9.33. The Hall–Kier alpha value is -1.61. The molecule has 0 amide bonds. The molecule has 0 radical (unpaired) electrons. The third-order valence-corrected chi connectivity index (χ3v) is 3.71. The van der Waals surface area contributed by atoms with Gasteiger partial charge in [0.05, 0.1) is 11.7 Å². The second-order valence-electron chi connectivity index (χ2n) is 4.67. The van der Waals surface area contributed by atoms with Crippen molar-refractivity contribution in [1.29, 1.82) is 0 Å². The largest absolute Gasteiger partial charge is 0.376 e. The third-order valence-electron chi connectivity index (χ3n) is 3.47. The minimum atomic E-state index is -0.353. The molecule has 1 unspecified atom stereocenters. The maximum absolute atomic E-state index is 13.7. The van der Waals surface area contributed by atoms with Crippen LogP contribution in [0.25, 0.3) is 0 Å². The molecule has 0 heterocycles. The zero-order valence-corrected chi connectivity index (χ0v) is 10.8. The average molecular weight is 280 g/mol. The fourth-order valence-corrected chi connectivity index (χ4v) is 2.73. The van der Waals surface area contributed by atoms with Crippen molar-refractivity contribution >= 4 is 17.3 Å². The van der Waals surface area contributed by atoms with Crippen molar-refractivity contribution in [1.82, 2.24) is 0 Å². The van der Waals surface area contributed by atoms with E-state index in [1.165, 1.54) is 18.2 Å². The van der Waals surface area contributed by atoms with Crippen LogP contribution in [-0.4, -0.2) is 0 Å². The van der Waals surface area contributed by atoms with Gasteiger partial charge in [-0.2, -0.15) is 0 Å². The predicted molar refractivity (Wildman–Crippen MR) is 72.5 cm³/mol. The van der Waals surface area contributed by atoms with Gasteiger partial charge in [0.1, 0.15) is 11.6 Å². The van der Waals surface area contributed by atoms with Crippen molar-refractivity contribution < 1.29 is 8.78 Å². The Balaban J connectivity index is 1.91. The molecule has 0 spiro atoms. The van der Waals surface area contributed by atoms with Crippen molar-refractivity contribution in [3.8, 4) is 0 Å². The molecular weight excluding hydrogens is 268 g/mol. The summed E-state index contributed by atoms with van der Waals surface area (Å²) in [5, 5.41) is 3.58. The summed E-state index contributed by atoms with van der Waals surface area (Å²) in [6.45, 7) is 0. The van der Waals surface area contributed by atoms with Crippen molar-refractivity contribution in [3.05, 3.63) is 64.2 Å². The summed E-state index contributed by atoms with van der Waals surface area (Å²) in [4.78, 5) is 0. The second kappa shape index (κ2) is 4.82. The summed E-state index contributed by atoms with van der Waals surface area (Å²) in [7, 11) is 0. The molecule has 3 rings (SSSR count). The van der Waals surface area contributed by atoms with Crippen LogP contribution in [-0.2, 0) is 6.42 Å². The van der Waals surface area contributed by atoms with Gasteiger partial charge in [-0.3, -0.25) is 0 Å². The highest BCUT2D eigenvalue weighted by Crippen LogP contribution is 2.36. The Bertz CT molecular complexity index is 628. The number of nitrogens with one attached hydrogen (secondary N) is 1. The molecule has 2 aromatic carbocycles. The molecule has 0 saturated heterocycles. The van der Waals surface area contributed by atoms with Crippen molar-refractivity contribution in [2.75, 3.05) is 5.32 Å². The molecule has 2 aromatic rings. The predicted octanol–water partition coefficient (Wildman–Crippen LogP) is 4.72. The number of fused-ring (bicyclic) bond motifs is 1. The topological polar surface area (TPSA) is 12.0 Å². The van der Waals surface area contributed by atoms with Gasteiger partial charge in [-0.1, -0.05) is 23.7 Å². The Morgan fingerprint density at radius 1 is 1.11 bits per heavy atom. The number of benzene rings is 2. The van der Waals surface area contributed by atoms with Gasteiger partial charge in [-0.15, -0.1) is 0 Å². The van der Waals surface area contributed by atoms with Crippen LogP contribution in [0.4, 0.5) is 14.5 Å². The van der Waals surface area contributed by atoms with E-state index in [2.05, 4.69) is 5.32 Å². The van der Waals surface area contributed by atoms with E-state index in [0.717, 1.165) is 17.5 Å². The summed E-state index contributed by atoms with van der Waals surface area (Å²) in [6.07, 6.45) is 1.42. The molecule has 1 N–H and O–H groups in total. The van der Waals surface area contributed by atoms with E-state index in [1.807, 2.05) is 6.07 Å². The summed E-state index contributed by atoms with van der Waals surface area (Å²) in [5.41, 5.74) is 1.98. The van der Waals surface area contributed by atoms with Gasteiger partial charge in [0.15, 0.2) is 0 Å². The van der Waals surface area contributed by atoms with Crippen molar-refractivity contribution in [2.45, 2.75) is 18.9 Å². The monoisotopic (exact) mass is 279 g/mol. The van der Waals surface area contributed by atoms with Crippen molar-refractivity contribution in [3.63, 3.8) is 0 Å². The molecule has 0 fully saturated rings. The Kier molecular flexibility index (Phi) is 3.15. The molecule has 4 heteroatoms. The highest BCUT2D eigenvalue weighted by molar-refractivity contribution is 6.30. The molecule has 0 saturated carbocycles. The van der Waals surface area contributed by atoms with Crippen LogP contribution in [0.5, 0.6) is 0 Å². The Morgan fingerprint density at radius 2 is 1.95 bits per heavy atom. The first kappa shape index (κ1) is 12.4. The van der Waals surface area contributed by atoms with Gasteiger partial charge in [-0.25, -0.2) is 8.78 Å². The van der Waals surface area contributed by atoms with E-state index in [1.54, 1.807) is 12.1 Å². The smallest absolute Gasteiger partial charge is 0.146 e. The minimum absolute atomic E-state index is 0.0707. The quantitative estimate of drug-likeness (QED) is 0.839. The Labute approximate surface area is 115 Å². The van der Waals surface area contributed by atoms with Gasteiger partial charge < -0.3 is 5.32 Å². The zero-order valence-electron chi connectivity index (χ0n) is 10.1. The number of halogens is 3. The first-order valence-electron chi connectivity index (χ1n) is 6.14. The van der Waals surface area contributed by atoms with Gasteiger partial charge in [0.25, 0.3) is 0 Å². The zero-order chi connectivity index (χ0) is 13.4. The lowest BCUT2D eigenvalue weighted by molar-refractivity contribution is 0.612. The number of hydrogen-bond acceptors (Lipinski definition) is 1. The molecule has 0 bridgehead atoms. The molecule has 0 aliphatic heterocycles. The van der Waals surface area contributed by atoms with Crippen LogP contribution in [0.3, 0.4) is 0 Å². The number of anilines is 1. The normalized spacial score (nSPS) is 17.3. The maximum atomic E-state index is 13.7. The SMILES string of the molecule is Fc1ccc(Cl)cc1NC1CCc2c(F)cccc21. The van der Waals surface area contributed by atoms with Crippen LogP contribution >= 0.6 is 11.6 Å². The fraction of sp³-hybridized carbons (Fsp3) is 0.200. The molecule has 1 aliphatic rings. The molecular formula is C15H12ClF2N. The summed E-state index contributed by atoms with van der Waals surface area (Å²) < 4.78 is 27.3. The standard InChI is InChI=1S/C15H12ClF2N/c16-9-4-6-13(18)15(8-9)19-14-7-5-10-11(14)2-1-3-12(10)17/h1-4,6,8,14,19H,5,7H2. The van der Waals surface area contributed by atoms with Gasteiger partial charge >= 0.3 is 0 Å². The van der Waals surface area contributed by atoms with Gasteiger partial charge in [0.2, 0.25) is 0 Å². The molecule has 1 atom stereocenters. The van der Waals surface area contributed by atoms with E-state index >= 15 is 0 Å². The van der Waals surface area contributed by atoms with Gasteiger partial charge in [0, 0.05) is 5.02 Å². The highest BCUT2D eigenvalue weighted by atomic mass is 35.5. The third kappa shape index (κ3) is 2.30. The molecule has 1 aliphatic carbocycles. The summed E-state index contributed by atoms with van der Waals surface area (Å²) >= 11 is 5.86. The van der Waals surface area contributed by atoms with Crippen LogP contribution in [0, 0.1) is 11.6 Å². The first-order chi connectivity index (χ1) is 9.15. The lowest BCUT2D eigenvalue weighted by atomic mass is 10.1. The van der Waals surface area contributed by atoms with Crippen LogP contribution in [0.2, 0.25) is 5.02 Å². The fourth-order valence-electron chi connectivity index (χ4n) is 2.56. The second-order valence-corrected chi connectivity index (χ2v) is 5.10. The minimum Gasteiger partial charge on any atom is -0.376 e. The van der Waals surface area contributed by atoms with Crippen molar-refractivity contribution in [2.24, 2.45) is 0 Å². The highest BCUT2D eigenvalue weighted by Gasteiger charge is 2.25. The van der Waals surface area contributed by atoms with E-state index in [-0.39, 0.29) is 17.7 Å². The van der Waals surface area contributed by atoms with Crippen LogP contribution in [0.15, 0.2) is 36.4 Å². The van der Waals surface area contributed by atoms with Crippen LogP contribution < -0.4 is 5.32 Å². The number of hydrogen-bond donors (Lipinski definition) is 1. The molecule has 19 heavy (non-hydrogen) atoms. The molecule has 98 valence electrons. The first-order valence-corrected chi connectivity index (χ1v) is 6.52. The summed E-state index contributed by atoms with van der Waals surface area (Å²) in [5.74, 6) is -0.539. The van der Waals surface area contributed by atoms with E-state index in [0.29, 0.717) is 17.1 Å². The van der Waals surface area contributed by atoms with E-state index in [4.69, 9.17) is 11.6 Å². The maximum Gasteiger partial charge on any atom is 0.146 e. The lowest BCUT2D eigenvalue weighted by Crippen LogP contribution is -2.08.